The first-order valence-corrected chi connectivity index (χ1v) is 12.0. The van der Waals surface area contributed by atoms with Gasteiger partial charge in [-0.1, -0.05) is 41.0 Å². The molecule has 0 unspecified atom stereocenters. The molecule has 1 aliphatic heterocycles. The van der Waals surface area contributed by atoms with Gasteiger partial charge in [-0.05, 0) is 18.6 Å². The van der Waals surface area contributed by atoms with Gasteiger partial charge >= 0.3 is 0 Å². The molecule has 0 amide bonds. The summed E-state index contributed by atoms with van der Waals surface area (Å²) in [6, 6.07) is 12.3. The molecule has 4 aromatic heterocycles. The van der Waals surface area contributed by atoms with E-state index in [4.69, 9.17) is 21.1 Å². The molecule has 0 bridgehead atoms. The summed E-state index contributed by atoms with van der Waals surface area (Å²) in [5, 5.41) is 9.02. The average Bonchev–Trinajstić information content (AvgIpc) is 3.62. The molecule has 1 aliphatic rings. The molecule has 9 nitrogen and oxygen atoms in total. The minimum Gasteiger partial charge on any atom is -0.366 e. The maximum absolute atomic E-state index is 6.65. The number of anilines is 1. The third kappa shape index (κ3) is 4.52. The van der Waals surface area contributed by atoms with Crippen LogP contribution in [0.25, 0.3) is 22.6 Å². The number of H-pyrrole nitrogens is 1. The van der Waals surface area contributed by atoms with Crippen molar-refractivity contribution in [3.05, 3.63) is 77.0 Å². The van der Waals surface area contributed by atoms with E-state index in [0.717, 1.165) is 73.3 Å². The molecule has 0 radical (unpaired) electrons. The van der Waals surface area contributed by atoms with Crippen molar-refractivity contribution >= 4 is 28.5 Å². The summed E-state index contributed by atoms with van der Waals surface area (Å²) in [4.78, 5) is 17.4. The lowest BCUT2D eigenvalue weighted by molar-refractivity contribution is 0.242. The Bertz CT molecular complexity index is 1430. The number of nitrogens with zero attached hydrogens (tertiary/aromatic N) is 7. The number of aryl methyl sites for hydroxylation is 1. The van der Waals surface area contributed by atoms with Gasteiger partial charge in [-0.2, -0.15) is 5.10 Å². The molecule has 0 spiro atoms. The lowest BCUT2D eigenvalue weighted by atomic mass is 10.1. The molecular weight excluding hydrogens is 464 g/mol. The first kappa shape index (κ1) is 21.8. The molecule has 6 rings (SSSR count). The van der Waals surface area contributed by atoms with Crippen LogP contribution in [-0.4, -0.2) is 61.0 Å². The number of hydrogen-bond acceptors (Lipinski definition) is 7. The highest BCUT2D eigenvalue weighted by atomic mass is 35.5. The van der Waals surface area contributed by atoms with E-state index in [-0.39, 0.29) is 0 Å². The predicted octanol–water partition coefficient (Wildman–Crippen LogP) is 4.14. The highest BCUT2D eigenvalue weighted by molar-refractivity contribution is 6.34. The molecule has 1 N–H and O–H groups in total. The second kappa shape index (κ2) is 9.16. The Labute approximate surface area is 207 Å². The summed E-state index contributed by atoms with van der Waals surface area (Å²) in [5.74, 6) is 1.62. The van der Waals surface area contributed by atoms with Crippen molar-refractivity contribution in [1.29, 1.82) is 0 Å². The quantitative estimate of drug-likeness (QED) is 0.384. The summed E-state index contributed by atoms with van der Waals surface area (Å²) in [6.45, 7) is 6.96. The number of aromatic nitrogens is 6. The average molecular weight is 489 g/mol. The Balaban J connectivity index is 1.21. The molecule has 10 heteroatoms. The standard InChI is InChI=1S/C25H25ClN8O/c1-17-13-20(31-35-17)16-32-9-11-33(12-10-32)23-21(26)14-27-25-22(23)29-24(30-25)19-5-3-18(4-6-19)15-34-8-2-7-28-34/h2-8,13-14H,9-12,15-16H2,1H3,(H,27,29,30). The maximum atomic E-state index is 6.65. The number of benzene rings is 1. The fourth-order valence-corrected chi connectivity index (χ4v) is 4.83. The van der Waals surface area contributed by atoms with Gasteiger partial charge in [0, 0.05) is 56.7 Å². The third-order valence-corrected chi connectivity index (χ3v) is 6.61. The molecule has 0 atom stereocenters. The van der Waals surface area contributed by atoms with E-state index in [2.05, 4.69) is 54.3 Å². The van der Waals surface area contributed by atoms with Crippen LogP contribution in [0.4, 0.5) is 5.69 Å². The van der Waals surface area contributed by atoms with Crippen molar-refractivity contribution in [2.45, 2.75) is 20.0 Å². The maximum Gasteiger partial charge on any atom is 0.180 e. The topological polar surface area (TPSA) is 91.9 Å². The van der Waals surface area contributed by atoms with E-state index in [9.17, 15) is 0 Å². The van der Waals surface area contributed by atoms with Gasteiger partial charge in [-0.3, -0.25) is 9.58 Å². The van der Waals surface area contributed by atoms with Crippen molar-refractivity contribution in [1.82, 2.24) is 34.8 Å². The van der Waals surface area contributed by atoms with Crippen molar-refractivity contribution in [3.63, 3.8) is 0 Å². The van der Waals surface area contributed by atoms with Crippen molar-refractivity contribution in [2.24, 2.45) is 0 Å². The van der Waals surface area contributed by atoms with E-state index in [1.807, 2.05) is 29.9 Å². The summed E-state index contributed by atoms with van der Waals surface area (Å²) < 4.78 is 7.11. The van der Waals surface area contributed by atoms with Gasteiger partial charge in [0.05, 0.1) is 29.1 Å². The van der Waals surface area contributed by atoms with Crippen LogP contribution in [0.1, 0.15) is 17.0 Å². The van der Waals surface area contributed by atoms with Gasteiger partial charge in [-0.25, -0.2) is 9.97 Å². The van der Waals surface area contributed by atoms with Crippen LogP contribution >= 0.6 is 11.6 Å². The van der Waals surface area contributed by atoms with E-state index in [1.165, 1.54) is 5.56 Å². The highest BCUT2D eigenvalue weighted by Crippen LogP contribution is 2.34. The minimum atomic E-state index is 0.628. The number of fused-ring (bicyclic) bond motifs is 1. The van der Waals surface area contributed by atoms with Crippen molar-refractivity contribution in [2.75, 3.05) is 31.1 Å². The monoisotopic (exact) mass is 488 g/mol. The van der Waals surface area contributed by atoms with Crippen LogP contribution in [0.2, 0.25) is 5.02 Å². The van der Waals surface area contributed by atoms with Crippen LogP contribution in [0.3, 0.4) is 0 Å². The zero-order valence-corrected chi connectivity index (χ0v) is 20.1. The summed E-state index contributed by atoms with van der Waals surface area (Å²) >= 11 is 6.65. The zero-order valence-electron chi connectivity index (χ0n) is 19.4. The summed E-state index contributed by atoms with van der Waals surface area (Å²) in [7, 11) is 0. The van der Waals surface area contributed by atoms with Gasteiger partial charge in [-0.15, -0.1) is 0 Å². The number of nitrogens with one attached hydrogen (secondary N) is 1. The summed E-state index contributed by atoms with van der Waals surface area (Å²) in [5.41, 5.74) is 5.64. The van der Waals surface area contributed by atoms with Crippen molar-refractivity contribution in [3.8, 4) is 11.4 Å². The highest BCUT2D eigenvalue weighted by Gasteiger charge is 2.23. The lowest BCUT2D eigenvalue weighted by Crippen LogP contribution is -2.46. The first-order chi connectivity index (χ1) is 17.1. The number of rotatable bonds is 6. The van der Waals surface area contributed by atoms with Crippen LogP contribution in [-0.2, 0) is 13.1 Å². The molecule has 0 saturated carbocycles. The first-order valence-electron chi connectivity index (χ1n) is 11.6. The fourth-order valence-electron chi connectivity index (χ4n) is 4.57. The van der Waals surface area contributed by atoms with E-state index < -0.39 is 0 Å². The Morgan fingerprint density at radius 3 is 2.63 bits per heavy atom. The van der Waals surface area contributed by atoms with E-state index in [0.29, 0.717) is 10.7 Å². The number of pyridine rings is 1. The Morgan fingerprint density at radius 1 is 1.09 bits per heavy atom. The SMILES string of the molecule is Cc1cc(CN2CCN(c3c(Cl)cnc4nc(-c5ccc(Cn6cccn6)cc5)[nH]c34)CC2)no1. The summed E-state index contributed by atoms with van der Waals surface area (Å²) in [6.07, 6.45) is 5.44. The molecule has 178 valence electrons. The fraction of sp³-hybridized carbons (Fsp3) is 0.280. The molecule has 0 aliphatic carbocycles. The number of halogens is 1. The Hall–Kier alpha value is -3.69. The smallest absolute Gasteiger partial charge is 0.180 e. The lowest BCUT2D eigenvalue weighted by Gasteiger charge is -2.36. The molecule has 1 aromatic carbocycles. The van der Waals surface area contributed by atoms with Gasteiger partial charge in [0.1, 0.15) is 17.1 Å². The van der Waals surface area contributed by atoms with Crippen LogP contribution < -0.4 is 4.90 Å². The van der Waals surface area contributed by atoms with E-state index >= 15 is 0 Å². The minimum absolute atomic E-state index is 0.628. The number of aromatic amines is 1. The van der Waals surface area contributed by atoms with Crippen LogP contribution in [0, 0.1) is 6.92 Å². The molecular formula is C25H25ClN8O. The van der Waals surface area contributed by atoms with Crippen LogP contribution in [0.5, 0.6) is 0 Å². The number of imidazole rings is 1. The van der Waals surface area contributed by atoms with E-state index in [1.54, 1.807) is 12.4 Å². The Morgan fingerprint density at radius 2 is 1.91 bits per heavy atom. The third-order valence-electron chi connectivity index (χ3n) is 6.33. The van der Waals surface area contributed by atoms with Gasteiger partial charge in [0.15, 0.2) is 5.65 Å². The van der Waals surface area contributed by atoms with Gasteiger partial charge in [0.25, 0.3) is 0 Å². The van der Waals surface area contributed by atoms with Crippen molar-refractivity contribution < 1.29 is 4.52 Å². The molecule has 5 heterocycles. The normalized spacial score (nSPS) is 14.7. The van der Waals surface area contributed by atoms with Crippen LogP contribution in [0.15, 0.2) is 59.5 Å². The molecule has 1 fully saturated rings. The largest absolute Gasteiger partial charge is 0.366 e. The second-order valence-electron chi connectivity index (χ2n) is 8.83. The number of piperazine rings is 1. The molecule has 35 heavy (non-hydrogen) atoms. The zero-order chi connectivity index (χ0) is 23.8. The molecule has 5 aromatic rings. The second-order valence-corrected chi connectivity index (χ2v) is 9.24. The van der Waals surface area contributed by atoms with Gasteiger partial charge in [0.2, 0.25) is 0 Å². The number of hydrogen-bond donors (Lipinski definition) is 1. The Kier molecular flexibility index (Phi) is 5.71. The van der Waals surface area contributed by atoms with Gasteiger partial charge < -0.3 is 14.4 Å². The predicted molar refractivity (Wildman–Crippen MR) is 134 cm³/mol. The molecule has 1 saturated heterocycles.